The first-order valence-corrected chi connectivity index (χ1v) is 9.64. The van der Waals surface area contributed by atoms with E-state index < -0.39 is 27.5 Å². The summed E-state index contributed by atoms with van der Waals surface area (Å²) in [6.45, 7) is 0.140. The highest BCUT2D eigenvalue weighted by atomic mass is 35.5. The summed E-state index contributed by atoms with van der Waals surface area (Å²) < 4.78 is 61.7. The van der Waals surface area contributed by atoms with Gasteiger partial charge < -0.3 is 5.32 Å². The summed E-state index contributed by atoms with van der Waals surface area (Å²) in [4.78, 5) is 11.6. The van der Waals surface area contributed by atoms with E-state index >= 15 is 0 Å². The van der Waals surface area contributed by atoms with Gasteiger partial charge in [-0.3, -0.25) is 4.79 Å². The minimum atomic E-state index is -4.40. The van der Waals surface area contributed by atoms with Crippen molar-refractivity contribution in [3.05, 3.63) is 76.2 Å². The number of hydrogen-bond acceptors (Lipinski definition) is 3. The van der Waals surface area contributed by atoms with Crippen molar-refractivity contribution in [3.8, 4) is 0 Å². The molecule has 0 aliphatic heterocycles. The Morgan fingerprint density at radius 3 is 2.30 bits per heavy atom. The van der Waals surface area contributed by atoms with Crippen LogP contribution in [0.25, 0.3) is 0 Å². The molecular weight excluding hydrogens is 403 g/mol. The third-order valence-corrected chi connectivity index (χ3v) is 5.44. The molecule has 0 fully saturated rings. The fraction of sp³-hybridized carbons (Fsp3) is 0.167. The van der Waals surface area contributed by atoms with E-state index in [1.54, 1.807) is 6.07 Å². The monoisotopic (exact) mass is 417 g/mol. The van der Waals surface area contributed by atoms with Gasteiger partial charge >= 0.3 is 6.18 Å². The van der Waals surface area contributed by atoms with Gasteiger partial charge in [0.25, 0.3) is 0 Å². The molecule has 27 heavy (non-hydrogen) atoms. The second-order valence-electron chi connectivity index (χ2n) is 5.51. The van der Waals surface area contributed by atoms with Crippen LogP contribution in [0.5, 0.6) is 0 Å². The van der Waals surface area contributed by atoms with Crippen LogP contribution in [0.1, 0.15) is 11.1 Å². The van der Waals surface area contributed by atoms with Gasteiger partial charge in [-0.15, -0.1) is 0 Å². The van der Waals surface area contributed by atoms with Crippen molar-refractivity contribution in [1.82, 2.24) is 5.32 Å². The molecule has 144 valence electrons. The first-order valence-electron chi connectivity index (χ1n) is 7.71. The molecule has 0 spiro atoms. The molecule has 0 saturated carbocycles. The van der Waals surface area contributed by atoms with Gasteiger partial charge in [0.1, 0.15) is 0 Å². The molecule has 4 nitrogen and oxygen atoms in total. The van der Waals surface area contributed by atoms with E-state index in [1.165, 1.54) is 30.3 Å². The maximum atomic E-state index is 12.5. The van der Waals surface area contributed by atoms with E-state index in [-0.39, 0.29) is 16.5 Å². The summed E-state index contributed by atoms with van der Waals surface area (Å²) >= 11 is 5.83. The van der Waals surface area contributed by atoms with Crippen molar-refractivity contribution in [1.29, 1.82) is 0 Å². The third-order valence-electron chi connectivity index (χ3n) is 3.54. The SMILES string of the molecule is O=C(/C=C/S(=O)(=O)c1ccccc1Cl)NCCc1ccc(C(F)(F)F)cc1. The Morgan fingerprint density at radius 2 is 1.70 bits per heavy atom. The van der Waals surface area contributed by atoms with Crippen molar-refractivity contribution in [2.24, 2.45) is 0 Å². The molecule has 0 heterocycles. The molecule has 1 amide bonds. The summed E-state index contributed by atoms with van der Waals surface area (Å²) in [5.41, 5.74) is -0.140. The van der Waals surface area contributed by atoms with Crippen LogP contribution in [0.3, 0.4) is 0 Å². The van der Waals surface area contributed by atoms with Crippen LogP contribution < -0.4 is 5.32 Å². The first-order chi connectivity index (χ1) is 12.6. The predicted molar refractivity (Wildman–Crippen MR) is 95.9 cm³/mol. The molecule has 0 atom stereocenters. The zero-order valence-corrected chi connectivity index (χ0v) is 15.4. The number of alkyl halides is 3. The second-order valence-corrected chi connectivity index (χ2v) is 7.72. The fourth-order valence-corrected chi connectivity index (χ4v) is 3.67. The third kappa shape index (κ3) is 6.11. The maximum Gasteiger partial charge on any atom is 0.416 e. The van der Waals surface area contributed by atoms with Gasteiger partial charge in [-0.2, -0.15) is 13.2 Å². The van der Waals surface area contributed by atoms with E-state index in [0.29, 0.717) is 12.0 Å². The Kier molecular flexibility index (Phi) is 6.67. The van der Waals surface area contributed by atoms with Crippen LogP contribution in [0.2, 0.25) is 5.02 Å². The molecule has 0 saturated heterocycles. The largest absolute Gasteiger partial charge is 0.416 e. The normalized spacial score (nSPS) is 12.3. The topological polar surface area (TPSA) is 63.2 Å². The van der Waals surface area contributed by atoms with Crippen LogP contribution in [-0.2, 0) is 27.2 Å². The highest BCUT2D eigenvalue weighted by molar-refractivity contribution is 7.94. The lowest BCUT2D eigenvalue weighted by Gasteiger charge is -2.08. The molecule has 0 bridgehead atoms. The number of benzene rings is 2. The summed E-state index contributed by atoms with van der Waals surface area (Å²) in [5, 5.41) is 3.27. The predicted octanol–water partition coefficient (Wildman–Crippen LogP) is 4.01. The lowest BCUT2D eigenvalue weighted by molar-refractivity contribution is -0.137. The summed E-state index contributed by atoms with van der Waals surface area (Å²) in [7, 11) is -3.86. The van der Waals surface area contributed by atoms with Crippen molar-refractivity contribution < 1.29 is 26.4 Å². The van der Waals surface area contributed by atoms with Crippen molar-refractivity contribution >= 4 is 27.3 Å². The van der Waals surface area contributed by atoms with E-state index in [2.05, 4.69) is 5.32 Å². The van der Waals surface area contributed by atoms with Crippen molar-refractivity contribution in [3.63, 3.8) is 0 Å². The van der Waals surface area contributed by atoms with Crippen LogP contribution in [-0.4, -0.2) is 20.9 Å². The van der Waals surface area contributed by atoms with Crippen LogP contribution in [0.15, 0.2) is 64.9 Å². The quantitative estimate of drug-likeness (QED) is 0.722. The number of amides is 1. The molecule has 0 aliphatic rings. The lowest BCUT2D eigenvalue weighted by atomic mass is 10.1. The Hall–Kier alpha value is -2.32. The number of rotatable bonds is 6. The number of carbonyl (C=O) groups is 1. The van der Waals surface area contributed by atoms with Crippen molar-refractivity contribution in [2.75, 3.05) is 6.54 Å². The molecule has 9 heteroatoms. The number of hydrogen-bond donors (Lipinski definition) is 1. The zero-order chi connectivity index (χ0) is 20.1. The van der Waals surface area contributed by atoms with Gasteiger partial charge in [-0.25, -0.2) is 8.42 Å². The maximum absolute atomic E-state index is 12.5. The Bertz CT molecular complexity index is 939. The molecule has 2 aromatic rings. The minimum Gasteiger partial charge on any atom is -0.352 e. The number of sulfone groups is 1. The lowest BCUT2D eigenvalue weighted by Crippen LogP contribution is -2.23. The van der Waals surface area contributed by atoms with Gasteiger partial charge in [-0.05, 0) is 36.2 Å². The molecule has 1 N–H and O–H groups in total. The summed E-state index contributed by atoms with van der Waals surface area (Å²) in [6, 6.07) is 10.4. The smallest absolute Gasteiger partial charge is 0.352 e. The minimum absolute atomic E-state index is 0.0462. The Morgan fingerprint density at radius 1 is 1.07 bits per heavy atom. The number of carbonyl (C=O) groups excluding carboxylic acids is 1. The molecule has 0 aliphatic carbocycles. The number of nitrogens with one attached hydrogen (secondary N) is 1. The van der Waals surface area contributed by atoms with Crippen LogP contribution >= 0.6 is 11.6 Å². The van der Waals surface area contributed by atoms with Gasteiger partial charge in [0.2, 0.25) is 15.7 Å². The average molecular weight is 418 g/mol. The Labute approximate surface area is 159 Å². The standard InChI is InChI=1S/C18H15ClF3NO3S/c19-15-3-1-2-4-16(15)27(25,26)12-10-17(24)23-11-9-13-5-7-14(8-6-13)18(20,21)22/h1-8,10,12H,9,11H2,(H,23,24)/b12-10+. The average Bonchev–Trinajstić information content (AvgIpc) is 2.60. The zero-order valence-electron chi connectivity index (χ0n) is 13.8. The molecule has 0 radical (unpaired) electrons. The molecule has 0 unspecified atom stereocenters. The second kappa shape index (κ2) is 8.58. The summed E-state index contributed by atoms with van der Waals surface area (Å²) in [5.74, 6) is -0.641. The number of halogens is 4. The highest BCUT2D eigenvalue weighted by Crippen LogP contribution is 2.29. The van der Waals surface area contributed by atoms with E-state index in [1.807, 2.05) is 0 Å². The fourth-order valence-electron chi connectivity index (χ4n) is 2.15. The van der Waals surface area contributed by atoms with Gasteiger partial charge in [-0.1, -0.05) is 35.9 Å². The van der Waals surface area contributed by atoms with E-state index in [4.69, 9.17) is 11.6 Å². The highest BCUT2D eigenvalue weighted by Gasteiger charge is 2.29. The first kappa shape index (κ1) is 21.0. The van der Waals surface area contributed by atoms with E-state index in [0.717, 1.165) is 23.6 Å². The van der Waals surface area contributed by atoms with Gasteiger partial charge in [0.15, 0.2) is 0 Å². The molecular formula is C18H15ClF3NO3S. The van der Waals surface area contributed by atoms with Gasteiger partial charge in [0, 0.05) is 18.0 Å². The molecule has 0 aromatic heterocycles. The van der Waals surface area contributed by atoms with Crippen molar-refractivity contribution in [2.45, 2.75) is 17.5 Å². The van der Waals surface area contributed by atoms with Gasteiger partial charge in [0.05, 0.1) is 15.5 Å². The Balaban J connectivity index is 1.89. The van der Waals surface area contributed by atoms with Crippen LogP contribution in [0, 0.1) is 0 Å². The van der Waals surface area contributed by atoms with Crippen LogP contribution in [0.4, 0.5) is 13.2 Å². The summed E-state index contributed by atoms with van der Waals surface area (Å²) in [6.07, 6.45) is -3.23. The van der Waals surface area contributed by atoms with E-state index in [9.17, 15) is 26.4 Å². The molecule has 2 rings (SSSR count). The molecule has 2 aromatic carbocycles.